The molecule has 0 aliphatic heterocycles. The number of anilines is 1. The Bertz CT molecular complexity index is 987. The average molecular weight is 317 g/mol. The second-order valence-electron chi connectivity index (χ2n) is 5.67. The first-order valence-corrected chi connectivity index (χ1v) is 8.26. The van der Waals surface area contributed by atoms with Crippen molar-refractivity contribution in [3.63, 3.8) is 0 Å². The molecule has 0 aliphatic carbocycles. The Morgan fingerprint density at radius 3 is 2.50 bits per heavy atom. The molecule has 2 aromatic heterocycles. The van der Waals surface area contributed by atoms with Crippen LogP contribution in [-0.2, 0) is 0 Å². The van der Waals surface area contributed by atoms with E-state index in [1.807, 2.05) is 10.5 Å². The Morgan fingerprint density at radius 1 is 0.958 bits per heavy atom. The zero-order chi connectivity index (χ0) is 16.5. The SMILES string of the molecule is CCN(CC)c1nc2c(-c3ccccc3)cccc2n2cnnc12. The summed E-state index contributed by atoms with van der Waals surface area (Å²) in [5.41, 5.74) is 5.08. The summed E-state index contributed by atoms with van der Waals surface area (Å²) in [6.07, 6.45) is 1.76. The van der Waals surface area contributed by atoms with Crippen molar-refractivity contribution in [1.82, 2.24) is 19.6 Å². The molecule has 0 radical (unpaired) electrons. The van der Waals surface area contributed by atoms with E-state index in [0.717, 1.165) is 46.7 Å². The molecule has 0 amide bonds. The Kier molecular flexibility index (Phi) is 3.61. The van der Waals surface area contributed by atoms with Gasteiger partial charge in [0.25, 0.3) is 0 Å². The van der Waals surface area contributed by atoms with Gasteiger partial charge in [0.15, 0.2) is 5.82 Å². The van der Waals surface area contributed by atoms with E-state index in [-0.39, 0.29) is 0 Å². The molecule has 0 N–H and O–H groups in total. The van der Waals surface area contributed by atoms with Gasteiger partial charge in [-0.25, -0.2) is 4.98 Å². The zero-order valence-corrected chi connectivity index (χ0v) is 13.8. The summed E-state index contributed by atoms with van der Waals surface area (Å²) in [6, 6.07) is 16.6. The quantitative estimate of drug-likeness (QED) is 0.574. The molecule has 4 rings (SSSR count). The molecule has 24 heavy (non-hydrogen) atoms. The van der Waals surface area contributed by atoms with Gasteiger partial charge in [0.1, 0.15) is 6.33 Å². The third-order valence-corrected chi connectivity index (χ3v) is 4.39. The maximum Gasteiger partial charge on any atom is 0.204 e. The second-order valence-corrected chi connectivity index (χ2v) is 5.67. The van der Waals surface area contributed by atoms with Gasteiger partial charge in [0.2, 0.25) is 5.65 Å². The summed E-state index contributed by atoms with van der Waals surface area (Å²) in [5, 5.41) is 8.41. The van der Waals surface area contributed by atoms with Crippen LogP contribution in [0.25, 0.3) is 27.8 Å². The Balaban J connectivity index is 2.09. The van der Waals surface area contributed by atoms with E-state index in [1.165, 1.54) is 0 Å². The first-order chi connectivity index (χ1) is 11.8. The summed E-state index contributed by atoms with van der Waals surface area (Å²) < 4.78 is 2.03. The zero-order valence-electron chi connectivity index (χ0n) is 13.8. The number of hydrogen-bond donors (Lipinski definition) is 0. The van der Waals surface area contributed by atoms with Crippen molar-refractivity contribution >= 4 is 22.5 Å². The molecule has 120 valence electrons. The van der Waals surface area contributed by atoms with Crippen molar-refractivity contribution in [3.05, 3.63) is 54.9 Å². The highest BCUT2D eigenvalue weighted by Gasteiger charge is 2.16. The molecule has 0 aliphatic rings. The van der Waals surface area contributed by atoms with E-state index >= 15 is 0 Å². The molecule has 0 atom stereocenters. The second kappa shape index (κ2) is 5.92. The molecule has 2 heterocycles. The van der Waals surface area contributed by atoms with Crippen molar-refractivity contribution in [2.45, 2.75) is 13.8 Å². The largest absolute Gasteiger partial charge is 0.354 e. The highest BCUT2D eigenvalue weighted by molar-refractivity contribution is 5.94. The molecule has 0 bridgehead atoms. The highest BCUT2D eigenvalue weighted by atomic mass is 15.3. The molecule has 5 heteroatoms. The van der Waals surface area contributed by atoms with Crippen LogP contribution >= 0.6 is 0 Å². The molecule has 0 saturated heterocycles. The third-order valence-electron chi connectivity index (χ3n) is 4.39. The molecule has 5 nitrogen and oxygen atoms in total. The van der Waals surface area contributed by atoms with Gasteiger partial charge in [-0.05, 0) is 25.5 Å². The van der Waals surface area contributed by atoms with E-state index < -0.39 is 0 Å². The van der Waals surface area contributed by atoms with Crippen LogP contribution in [0.4, 0.5) is 5.82 Å². The smallest absolute Gasteiger partial charge is 0.204 e. The van der Waals surface area contributed by atoms with Gasteiger partial charge in [0, 0.05) is 18.7 Å². The number of aromatic nitrogens is 4. The van der Waals surface area contributed by atoms with Gasteiger partial charge >= 0.3 is 0 Å². The van der Waals surface area contributed by atoms with Crippen molar-refractivity contribution < 1.29 is 0 Å². The van der Waals surface area contributed by atoms with Gasteiger partial charge in [-0.3, -0.25) is 4.40 Å². The molecule has 0 unspecified atom stereocenters. The van der Waals surface area contributed by atoms with E-state index in [9.17, 15) is 0 Å². The first-order valence-electron chi connectivity index (χ1n) is 8.26. The minimum Gasteiger partial charge on any atom is -0.354 e. The summed E-state index contributed by atoms with van der Waals surface area (Å²) >= 11 is 0. The van der Waals surface area contributed by atoms with E-state index in [0.29, 0.717) is 0 Å². The first kappa shape index (κ1) is 14.6. The lowest BCUT2D eigenvalue weighted by molar-refractivity contribution is 0.848. The normalized spacial score (nSPS) is 11.2. The number of rotatable bonds is 4. The summed E-state index contributed by atoms with van der Waals surface area (Å²) in [7, 11) is 0. The van der Waals surface area contributed by atoms with Crippen LogP contribution in [0.2, 0.25) is 0 Å². The predicted molar refractivity (Wildman–Crippen MR) is 97.3 cm³/mol. The van der Waals surface area contributed by atoms with Crippen molar-refractivity contribution in [3.8, 4) is 11.1 Å². The summed E-state index contributed by atoms with van der Waals surface area (Å²) in [5.74, 6) is 0.883. The molecule has 4 aromatic rings. The van der Waals surface area contributed by atoms with E-state index in [4.69, 9.17) is 4.98 Å². The summed E-state index contributed by atoms with van der Waals surface area (Å²) in [6.45, 7) is 6.02. The van der Waals surface area contributed by atoms with Crippen LogP contribution in [0, 0.1) is 0 Å². The number of nitrogens with zero attached hydrogens (tertiary/aromatic N) is 5. The van der Waals surface area contributed by atoms with Crippen molar-refractivity contribution in [2.24, 2.45) is 0 Å². The van der Waals surface area contributed by atoms with E-state index in [1.54, 1.807) is 6.33 Å². The molecular weight excluding hydrogens is 298 g/mol. The van der Waals surface area contributed by atoms with Crippen molar-refractivity contribution in [2.75, 3.05) is 18.0 Å². The van der Waals surface area contributed by atoms with Crippen LogP contribution in [0.1, 0.15) is 13.8 Å². The monoisotopic (exact) mass is 317 g/mol. The molecule has 2 aromatic carbocycles. The van der Waals surface area contributed by atoms with Crippen LogP contribution in [0.15, 0.2) is 54.9 Å². The van der Waals surface area contributed by atoms with Crippen molar-refractivity contribution in [1.29, 1.82) is 0 Å². The fraction of sp³-hybridized carbons (Fsp3) is 0.211. The maximum absolute atomic E-state index is 5.00. The van der Waals surface area contributed by atoms with Gasteiger partial charge in [-0.2, -0.15) is 0 Å². The standard InChI is InChI=1S/C19H19N5/c1-3-23(4-2)18-19-22-20-13-24(19)16-12-8-11-15(17(16)21-18)14-9-6-5-7-10-14/h5-13H,3-4H2,1-2H3. The predicted octanol–water partition coefficient (Wildman–Crippen LogP) is 3.79. The number of benzene rings is 2. The Hall–Kier alpha value is -2.95. The van der Waals surface area contributed by atoms with Gasteiger partial charge in [-0.1, -0.05) is 42.5 Å². The Labute approximate surface area is 140 Å². The van der Waals surface area contributed by atoms with Crippen LogP contribution in [0.3, 0.4) is 0 Å². The van der Waals surface area contributed by atoms with Crippen LogP contribution in [0.5, 0.6) is 0 Å². The maximum atomic E-state index is 5.00. The minimum atomic E-state index is 0.802. The Morgan fingerprint density at radius 2 is 1.75 bits per heavy atom. The molecule has 0 spiro atoms. The van der Waals surface area contributed by atoms with Gasteiger partial charge in [0.05, 0.1) is 11.0 Å². The average Bonchev–Trinajstić information content (AvgIpc) is 3.13. The lowest BCUT2D eigenvalue weighted by atomic mass is 10.0. The van der Waals surface area contributed by atoms with Gasteiger partial charge in [-0.15, -0.1) is 10.2 Å². The number of fused-ring (bicyclic) bond motifs is 3. The molecule has 0 fully saturated rings. The minimum absolute atomic E-state index is 0.802. The molecular formula is C19H19N5. The topological polar surface area (TPSA) is 46.3 Å². The third kappa shape index (κ3) is 2.21. The molecule has 0 saturated carbocycles. The fourth-order valence-electron chi connectivity index (χ4n) is 3.15. The highest BCUT2D eigenvalue weighted by Crippen LogP contribution is 2.30. The van der Waals surface area contributed by atoms with Gasteiger partial charge < -0.3 is 4.90 Å². The number of hydrogen-bond acceptors (Lipinski definition) is 4. The fourth-order valence-corrected chi connectivity index (χ4v) is 3.15. The number of para-hydroxylation sites is 1. The summed E-state index contributed by atoms with van der Waals surface area (Å²) in [4.78, 5) is 7.21. The van der Waals surface area contributed by atoms with Crippen LogP contribution < -0.4 is 4.90 Å². The van der Waals surface area contributed by atoms with Crippen LogP contribution in [-0.4, -0.2) is 32.7 Å². The lowest BCUT2D eigenvalue weighted by Gasteiger charge is -2.21. The van der Waals surface area contributed by atoms with E-state index in [2.05, 4.69) is 71.4 Å². The lowest BCUT2D eigenvalue weighted by Crippen LogP contribution is -2.24.